The third-order valence-electron chi connectivity index (χ3n) is 4.25. The van der Waals surface area contributed by atoms with E-state index in [1.807, 2.05) is 35.7 Å². The van der Waals surface area contributed by atoms with Crippen LogP contribution < -0.4 is 15.8 Å². The number of aromatic nitrogens is 3. The number of hydrogen-bond acceptors (Lipinski definition) is 7. The van der Waals surface area contributed by atoms with Crippen LogP contribution in [0.4, 0.5) is 11.5 Å². The standard InChI is InChI=1S/C21H17N5O2S/c1-28-18-8-3-2-7-15(18)20(27)25-14-6-4-5-13(9-14)17-11-29-21(26-17)16-10-23-12-24-19(16)22/h2-12H,1H3,(H,25,27)(H2,22,23,24). The van der Waals surface area contributed by atoms with Gasteiger partial charge in [0.1, 0.15) is 22.9 Å². The Morgan fingerprint density at radius 2 is 2.03 bits per heavy atom. The summed E-state index contributed by atoms with van der Waals surface area (Å²) in [6.07, 6.45) is 3.05. The molecule has 4 aromatic rings. The molecule has 3 N–H and O–H groups in total. The SMILES string of the molecule is COc1ccccc1C(=O)Nc1cccc(-c2csc(-c3cncnc3N)n2)c1. The van der Waals surface area contributed by atoms with Crippen molar-refractivity contribution in [2.24, 2.45) is 0 Å². The van der Waals surface area contributed by atoms with Gasteiger partial charge in [-0.05, 0) is 24.3 Å². The molecule has 0 unspecified atom stereocenters. The first-order chi connectivity index (χ1) is 14.2. The minimum atomic E-state index is -0.243. The first kappa shape index (κ1) is 18.6. The molecule has 1 amide bonds. The Hall–Kier alpha value is -3.78. The Morgan fingerprint density at radius 3 is 2.86 bits per heavy atom. The van der Waals surface area contributed by atoms with Crippen LogP contribution >= 0.6 is 11.3 Å². The lowest BCUT2D eigenvalue weighted by Gasteiger charge is -2.09. The number of benzene rings is 2. The van der Waals surface area contributed by atoms with Crippen molar-refractivity contribution in [3.05, 3.63) is 72.0 Å². The fraction of sp³-hybridized carbons (Fsp3) is 0.0476. The molecule has 144 valence electrons. The van der Waals surface area contributed by atoms with Crippen molar-refractivity contribution in [1.82, 2.24) is 15.0 Å². The van der Waals surface area contributed by atoms with Crippen LogP contribution in [0, 0.1) is 0 Å². The minimum absolute atomic E-state index is 0.243. The second kappa shape index (κ2) is 8.07. The van der Waals surface area contributed by atoms with E-state index in [1.54, 1.807) is 24.4 Å². The van der Waals surface area contributed by atoms with Crippen molar-refractivity contribution in [3.8, 4) is 27.6 Å². The molecule has 0 bridgehead atoms. The molecule has 0 radical (unpaired) electrons. The molecule has 0 saturated carbocycles. The van der Waals surface area contributed by atoms with E-state index in [4.69, 9.17) is 10.5 Å². The van der Waals surface area contributed by atoms with E-state index in [9.17, 15) is 4.79 Å². The molecule has 0 fully saturated rings. The van der Waals surface area contributed by atoms with Gasteiger partial charge in [0.25, 0.3) is 5.91 Å². The summed E-state index contributed by atoms with van der Waals surface area (Å²) in [7, 11) is 1.54. The fourth-order valence-corrected chi connectivity index (χ4v) is 3.67. The minimum Gasteiger partial charge on any atom is -0.496 e. The third-order valence-corrected chi connectivity index (χ3v) is 5.12. The zero-order valence-electron chi connectivity index (χ0n) is 15.5. The van der Waals surface area contributed by atoms with E-state index >= 15 is 0 Å². The largest absolute Gasteiger partial charge is 0.496 e. The second-order valence-corrected chi connectivity index (χ2v) is 6.95. The first-order valence-corrected chi connectivity index (χ1v) is 9.60. The first-order valence-electron chi connectivity index (χ1n) is 8.72. The molecule has 2 aromatic heterocycles. The Bertz CT molecular complexity index is 1170. The van der Waals surface area contributed by atoms with Crippen LogP contribution in [-0.2, 0) is 0 Å². The molecular formula is C21H17N5O2S. The Kier molecular flexibility index (Phi) is 5.17. The summed E-state index contributed by atoms with van der Waals surface area (Å²) in [6, 6.07) is 14.6. The normalized spacial score (nSPS) is 10.5. The Morgan fingerprint density at radius 1 is 1.17 bits per heavy atom. The summed E-state index contributed by atoms with van der Waals surface area (Å²) in [4.78, 5) is 25.3. The Labute approximate surface area is 171 Å². The Balaban J connectivity index is 1.58. The number of carbonyl (C=O) groups excluding carboxylic acids is 1. The van der Waals surface area contributed by atoms with Crippen LogP contribution in [-0.4, -0.2) is 28.0 Å². The van der Waals surface area contributed by atoms with Crippen molar-refractivity contribution >= 4 is 28.7 Å². The zero-order valence-corrected chi connectivity index (χ0v) is 16.3. The molecule has 29 heavy (non-hydrogen) atoms. The van der Waals surface area contributed by atoms with Crippen molar-refractivity contribution < 1.29 is 9.53 Å². The fourth-order valence-electron chi connectivity index (χ4n) is 2.82. The molecule has 0 atom stereocenters. The van der Waals surface area contributed by atoms with Gasteiger partial charge in [-0.2, -0.15) is 0 Å². The van der Waals surface area contributed by atoms with E-state index in [-0.39, 0.29) is 5.91 Å². The average Bonchev–Trinajstić information content (AvgIpc) is 3.24. The molecule has 0 aliphatic rings. The number of nitrogen functional groups attached to an aromatic ring is 1. The number of thiazole rings is 1. The van der Waals surface area contributed by atoms with Crippen molar-refractivity contribution in [2.45, 2.75) is 0 Å². The van der Waals surface area contributed by atoms with Crippen LogP contribution in [0.5, 0.6) is 5.75 Å². The molecule has 0 aliphatic carbocycles. The predicted molar refractivity (Wildman–Crippen MR) is 114 cm³/mol. The van der Waals surface area contributed by atoms with E-state index in [0.717, 1.165) is 16.3 Å². The molecule has 8 heteroatoms. The lowest BCUT2D eigenvalue weighted by atomic mass is 10.1. The van der Waals surface area contributed by atoms with Gasteiger partial charge in [-0.1, -0.05) is 24.3 Å². The molecule has 0 spiro atoms. The highest BCUT2D eigenvalue weighted by Crippen LogP contribution is 2.31. The smallest absolute Gasteiger partial charge is 0.259 e. The number of nitrogens with one attached hydrogen (secondary N) is 1. The summed E-state index contributed by atoms with van der Waals surface area (Å²) >= 11 is 1.46. The van der Waals surface area contributed by atoms with Gasteiger partial charge in [0.05, 0.1) is 23.9 Å². The monoisotopic (exact) mass is 403 g/mol. The molecule has 2 heterocycles. The summed E-state index contributed by atoms with van der Waals surface area (Å²) in [6.45, 7) is 0. The number of rotatable bonds is 5. The van der Waals surface area contributed by atoms with E-state index in [1.165, 1.54) is 24.8 Å². The molecule has 0 aliphatic heterocycles. The number of para-hydroxylation sites is 1. The van der Waals surface area contributed by atoms with Crippen LogP contribution in [0.3, 0.4) is 0 Å². The summed E-state index contributed by atoms with van der Waals surface area (Å²) < 4.78 is 5.26. The predicted octanol–water partition coefficient (Wildman–Crippen LogP) is 4.11. The van der Waals surface area contributed by atoms with Crippen LogP contribution in [0.15, 0.2) is 66.4 Å². The quantitative estimate of drug-likeness (QED) is 0.520. The van der Waals surface area contributed by atoms with Gasteiger partial charge in [-0.25, -0.2) is 15.0 Å². The summed E-state index contributed by atoms with van der Waals surface area (Å²) in [5, 5.41) is 5.58. The maximum atomic E-state index is 12.6. The number of hydrogen-bond donors (Lipinski definition) is 2. The van der Waals surface area contributed by atoms with Gasteiger partial charge < -0.3 is 15.8 Å². The molecule has 7 nitrogen and oxygen atoms in total. The zero-order chi connectivity index (χ0) is 20.2. The number of ether oxygens (including phenoxy) is 1. The number of nitrogens with two attached hydrogens (primary N) is 1. The van der Waals surface area contributed by atoms with Crippen LogP contribution in [0.25, 0.3) is 21.8 Å². The number of nitrogens with zero attached hydrogens (tertiary/aromatic N) is 3. The van der Waals surface area contributed by atoms with E-state index < -0.39 is 0 Å². The topological polar surface area (TPSA) is 103 Å². The average molecular weight is 403 g/mol. The van der Waals surface area contributed by atoms with Gasteiger partial charge in [-0.15, -0.1) is 11.3 Å². The maximum absolute atomic E-state index is 12.6. The highest BCUT2D eigenvalue weighted by atomic mass is 32.1. The van der Waals surface area contributed by atoms with Gasteiger partial charge in [0, 0.05) is 22.8 Å². The molecule has 4 rings (SSSR count). The molecule has 0 saturated heterocycles. The summed E-state index contributed by atoms with van der Waals surface area (Å²) in [5.41, 5.74) is 9.40. The lowest BCUT2D eigenvalue weighted by molar-refractivity contribution is 0.102. The van der Waals surface area contributed by atoms with Crippen molar-refractivity contribution in [3.63, 3.8) is 0 Å². The highest BCUT2D eigenvalue weighted by molar-refractivity contribution is 7.13. The van der Waals surface area contributed by atoms with Crippen molar-refractivity contribution in [1.29, 1.82) is 0 Å². The van der Waals surface area contributed by atoms with E-state index in [0.29, 0.717) is 28.4 Å². The molecule has 2 aromatic carbocycles. The number of carbonyl (C=O) groups is 1. The van der Waals surface area contributed by atoms with Gasteiger partial charge in [0.2, 0.25) is 0 Å². The maximum Gasteiger partial charge on any atom is 0.259 e. The third kappa shape index (κ3) is 3.92. The van der Waals surface area contributed by atoms with Gasteiger partial charge in [-0.3, -0.25) is 4.79 Å². The van der Waals surface area contributed by atoms with Crippen LogP contribution in [0.1, 0.15) is 10.4 Å². The second-order valence-electron chi connectivity index (χ2n) is 6.09. The van der Waals surface area contributed by atoms with E-state index in [2.05, 4.69) is 20.3 Å². The highest BCUT2D eigenvalue weighted by Gasteiger charge is 2.13. The molecular weight excluding hydrogens is 386 g/mol. The van der Waals surface area contributed by atoms with Crippen LogP contribution in [0.2, 0.25) is 0 Å². The van der Waals surface area contributed by atoms with Crippen molar-refractivity contribution in [2.75, 3.05) is 18.2 Å². The number of anilines is 2. The van der Waals surface area contributed by atoms with Gasteiger partial charge >= 0.3 is 0 Å². The number of amides is 1. The number of methoxy groups -OCH3 is 1. The van der Waals surface area contributed by atoms with Gasteiger partial charge in [0.15, 0.2) is 0 Å². The lowest BCUT2D eigenvalue weighted by Crippen LogP contribution is -2.13. The summed E-state index contributed by atoms with van der Waals surface area (Å²) in [5.74, 6) is 0.666.